The van der Waals surface area contributed by atoms with Crippen LogP contribution in [-0.2, 0) is 24.2 Å². The quantitative estimate of drug-likeness (QED) is 0.0748. The first kappa shape index (κ1) is 25.0. The van der Waals surface area contributed by atoms with Crippen LogP contribution in [-0.4, -0.2) is 86.0 Å². The minimum absolute atomic E-state index is 0.0141. The van der Waals surface area contributed by atoms with Gasteiger partial charge in [0.2, 0.25) is 0 Å². The van der Waals surface area contributed by atoms with Crippen LogP contribution >= 0.6 is 11.8 Å². The maximum Gasteiger partial charge on any atom is 0.466 e. The van der Waals surface area contributed by atoms with Crippen LogP contribution in [0.1, 0.15) is 38.5 Å². The van der Waals surface area contributed by atoms with Crippen LogP contribution in [0.2, 0.25) is 0 Å². The molecule has 6 N–H and O–H groups in total. The molecule has 14 heteroatoms. The van der Waals surface area contributed by atoms with Crippen molar-refractivity contribution in [3.63, 3.8) is 0 Å². The summed E-state index contributed by atoms with van der Waals surface area (Å²) in [6.45, 7) is -0.625. The number of aliphatic hydroxyl groups is 4. The van der Waals surface area contributed by atoms with Crippen molar-refractivity contribution in [3.05, 3.63) is 0 Å². The predicted molar refractivity (Wildman–Crippen MR) is 96.8 cm³/mol. The van der Waals surface area contributed by atoms with Crippen molar-refractivity contribution in [1.29, 1.82) is 0 Å². The van der Waals surface area contributed by atoms with E-state index in [2.05, 4.69) is 9.44 Å². The third-order valence-electron chi connectivity index (χ3n) is 3.87. The van der Waals surface area contributed by atoms with Gasteiger partial charge in [-0.2, -0.15) is 8.42 Å². The van der Waals surface area contributed by atoms with E-state index in [1.807, 2.05) is 0 Å². The predicted octanol–water partition coefficient (Wildman–Crippen LogP) is -0.922. The van der Waals surface area contributed by atoms with Gasteiger partial charge >= 0.3 is 16.4 Å². The zero-order valence-electron chi connectivity index (χ0n) is 14.8. The Morgan fingerprint density at radius 3 is 2.18 bits per heavy atom. The molecule has 0 aliphatic carbocycles. The lowest BCUT2D eigenvalue weighted by Gasteiger charge is -2.39. The highest BCUT2D eigenvalue weighted by atomic mass is 32.3. The third-order valence-corrected chi connectivity index (χ3v) is 5.30. The number of oxime groups is 1. The second-order valence-corrected chi connectivity index (χ2v) is 8.29. The van der Waals surface area contributed by atoms with E-state index in [1.165, 1.54) is 0 Å². The van der Waals surface area contributed by atoms with Crippen LogP contribution in [0, 0.1) is 0 Å². The molecule has 0 aromatic heterocycles. The maximum absolute atomic E-state index is 10.7. The lowest BCUT2D eigenvalue weighted by Crippen LogP contribution is -2.57. The molecule has 0 unspecified atom stereocenters. The number of aliphatic carboxylic acids is 1. The molecule has 1 fully saturated rings. The monoisotopic (exact) mass is 447 g/mol. The number of unbranched alkanes of at least 4 members (excludes halogenated alkanes) is 3. The van der Waals surface area contributed by atoms with Gasteiger partial charge in [0.05, 0.1) is 6.61 Å². The molecular formula is C14H25NO11S2. The molecule has 28 heavy (non-hydrogen) atoms. The highest BCUT2D eigenvalue weighted by molar-refractivity contribution is 8.14. The van der Waals surface area contributed by atoms with Crippen LogP contribution in [0.15, 0.2) is 5.16 Å². The molecule has 0 aromatic rings. The SMILES string of the molecule is O=C(O)CCCCCC/C(=N/OS(=O)(=O)O)S[C@@H]1O[C@H](CO)[C@@H](O)[C@H](O)[C@H]1O. The smallest absolute Gasteiger partial charge is 0.466 e. The fraction of sp³-hybridized carbons (Fsp3) is 0.857. The lowest BCUT2D eigenvalue weighted by molar-refractivity contribution is -0.205. The Labute approximate surface area is 166 Å². The minimum atomic E-state index is -4.86. The Hall–Kier alpha value is -1.00. The summed E-state index contributed by atoms with van der Waals surface area (Å²) in [6, 6.07) is 0. The van der Waals surface area contributed by atoms with Gasteiger partial charge in [-0.1, -0.05) is 29.8 Å². The second-order valence-electron chi connectivity index (χ2n) is 6.11. The molecule has 1 aliphatic heterocycles. The Morgan fingerprint density at radius 1 is 1.04 bits per heavy atom. The standard InChI is InChI=1S/C14H25NO11S2/c16-7-8-11(19)12(20)13(21)14(25-8)27-9(15-26-28(22,23)24)5-3-1-2-4-6-10(17)18/h8,11-14,16,19-21H,1-7H2,(H,17,18)(H,22,23,24)/b15-9-/t8-,11-,12+,13-,14+/m1/s1. The van der Waals surface area contributed by atoms with Gasteiger partial charge in [-0.15, -0.1) is 0 Å². The summed E-state index contributed by atoms with van der Waals surface area (Å²) in [7, 11) is -4.86. The van der Waals surface area contributed by atoms with Gasteiger partial charge in [0.1, 0.15) is 34.9 Å². The number of carbonyl (C=O) groups is 1. The minimum Gasteiger partial charge on any atom is -0.481 e. The van der Waals surface area contributed by atoms with Crippen molar-refractivity contribution in [2.75, 3.05) is 6.61 Å². The van der Waals surface area contributed by atoms with Gasteiger partial charge < -0.3 is 30.3 Å². The number of rotatable bonds is 11. The molecule has 164 valence electrons. The van der Waals surface area contributed by atoms with E-state index in [4.69, 9.17) is 14.4 Å². The summed E-state index contributed by atoms with van der Waals surface area (Å²) in [5.74, 6) is -0.901. The molecule has 0 spiro atoms. The van der Waals surface area contributed by atoms with Gasteiger partial charge in [0, 0.05) is 6.42 Å². The first-order chi connectivity index (χ1) is 13.0. The van der Waals surface area contributed by atoms with Crippen molar-refractivity contribution in [1.82, 2.24) is 0 Å². The first-order valence-corrected chi connectivity index (χ1v) is 10.7. The largest absolute Gasteiger partial charge is 0.481 e. The third kappa shape index (κ3) is 9.00. The molecule has 12 nitrogen and oxygen atoms in total. The highest BCUT2D eigenvalue weighted by Gasteiger charge is 2.44. The van der Waals surface area contributed by atoms with Gasteiger partial charge in [0.15, 0.2) is 0 Å². The normalized spacial score (nSPS) is 28.9. The van der Waals surface area contributed by atoms with Crippen LogP contribution in [0.5, 0.6) is 0 Å². The number of carboxylic acid groups (broad SMARTS) is 1. The number of hydrogen-bond donors (Lipinski definition) is 6. The molecule has 5 atom stereocenters. The van der Waals surface area contributed by atoms with Gasteiger partial charge in [0.25, 0.3) is 0 Å². The van der Waals surface area contributed by atoms with Crippen LogP contribution in [0.25, 0.3) is 0 Å². The van der Waals surface area contributed by atoms with E-state index in [0.717, 1.165) is 0 Å². The molecule has 0 aromatic carbocycles. The number of thioether (sulfide) groups is 1. The van der Waals surface area contributed by atoms with E-state index in [0.29, 0.717) is 37.4 Å². The summed E-state index contributed by atoms with van der Waals surface area (Å²) < 4.78 is 39.4. The van der Waals surface area contributed by atoms with Crippen LogP contribution in [0.3, 0.4) is 0 Å². The molecule has 0 amide bonds. The lowest BCUT2D eigenvalue weighted by atomic mass is 10.0. The molecule has 1 aliphatic rings. The maximum atomic E-state index is 10.7. The zero-order chi connectivity index (χ0) is 21.3. The summed E-state index contributed by atoms with van der Waals surface area (Å²) in [5, 5.41) is 50.7. The van der Waals surface area contributed by atoms with Crippen molar-refractivity contribution in [3.8, 4) is 0 Å². The average Bonchev–Trinajstić information content (AvgIpc) is 2.61. The summed E-state index contributed by atoms with van der Waals surface area (Å²) >= 11 is 0.709. The van der Waals surface area contributed by atoms with E-state index >= 15 is 0 Å². The first-order valence-electron chi connectivity index (χ1n) is 8.47. The highest BCUT2D eigenvalue weighted by Crippen LogP contribution is 2.30. The number of ether oxygens (including phenoxy) is 1. The number of carboxylic acids is 1. The van der Waals surface area contributed by atoms with Crippen LogP contribution in [0.4, 0.5) is 0 Å². The summed E-state index contributed by atoms with van der Waals surface area (Å²) in [6.07, 6.45) is -3.50. The van der Waals surface area contributed by atoms with Crippen LogP contribution < -0.4 is 0 Å². The number of nitrogens with zero attached hydrogens (tertiary/aromatic N) is 1. The van der Waals surface area contributed by atoms with E-state index in [1.54, 1.807) is 0 Å². The van der Waals surface area contributed by atoms with E-state index in [-0.39, 0.29) is 17.9 Å². The van der Waals surface area contributed by atoms with E-state index < -0.39 is 52.8 Å². The van der Waals surface area contributed by atoms with Crippen molar-refractivity contribution in [2.24, 2.45) is 5.16 Å². The van der Waals surface area contributed by atoms with Crippen molar-refractivity contribution >= 4 is 33.2 Å². The molecule has 1 heterocycles. The topological polar surface area (TPSA) is 203 Å². The number of hydrogen-bond acceptors (Lipinski definition) is 11. The van der Waals surface area contributed by atoms with Crippen molar-refractivity contribution in [2.45, 2.75) is 68.4 Å². The summed E-state index contributed by atoms with van der Waals surface area (Å²) in [5.41, 5.74) is -1.19. The Kier molecular flexibility index (Phi) is 10.6. The fourth-order valence-electron chi connectivity index (χ4n) is 2.42. The Balaban J connectivity index is 2.70. The fourth-order valence-corrected chi connectivity index (χ4v) is 3.76. The second kappa shape index (κ2) is 11.9. The molecular weight excluding hydrogens is 422 g/mol. The molecule has 0 saturated carbocycles. The molecule has 1 saturated heterocycles. The Bertz CT molecular complexity index is 625. The zero-order valence-corrected chi connectivity index (χ0v) is 16.5. The summed E-state index contributed by atoms with van der Waals surface area (Å²) in [4.78, 5) is 10.5. The molecule has 1 rings (SSSR count). The molecule has 0 bridgehead atoms. The van der Waals surface area contributed by atoms with Gasteiger partial charge in [-0.25, -0.2) is 4.28 Å². The van der Waals surface area contributed by atoms with Gasteiger partial charge in [-0.3, -0.25) is 9.35 Å². The van der Waals surface area contributed by atoms with E-state index in [9.17, 15) is 33.6 Å². The number of aliphatic hydroxyl groups excluding tert-OH is 4. The van der Waals surface area contributed by atoms with Gasteiger partial charge in [-0.05, 0) is 19.3 Å². The average molecular weight is 447 g/mol. The van der Waals surface area contributed by atoms with Crippen molar-refractivity contribution < 1.29 is 52.3 Å². The molecule has 0 radical (unpaired) electrons. The Morgan fingerprint density at radius 2 is 1.64 bits per heavy atom.